The molecule has 7 heteroatoms. The van der Waals surface area contributed by atoms with E-state index in [9.17, 15) is 13.2 Å². The van der Waals surface area contributed by atoms with Crippen molar-refractivity contribution in [3.63, 3.8) is 0 Å². The minimum absolute atomic E-state index is 0.0523. The lowest BCUT2D eigenvalue weighted by Crippen LogP contribution is -2.36. The van der Waals surface area contributed by atoms with Crippen LogP contribution in [0.4, 0.5) is 0 Å². The van der Waals surface area contributed by atoms with Crippen LogP contribution in [0.3, 0.4) is 0 Å². The molecule has 1 amide bonds. The first kappa shape index (κ1) is 16.3. The number of para-hydroxylation sites is 1. The number of thioether (sulfide) groups is 1. The molecule has 122 valence electrons. The number of nitrogens with one attached hydrogen (secondary N) is 1. The molecular formula is C16H18N2O3S2. The standard InChI is InChI=1S/C16H18N2O3S2/c1-11-8-16(18-14-5-3-2-4-13(11)14)22-9-15(19)17-12-6-7-23(20,21)10-12/h2-5,8,12H,6-7,9-10H2,1H3,(H,17,19)/t12-/m1/s1. The van der Waals surface area contributed by atoms with Gasteiger partial charge in [-0.3, -0.25) is 4.79 Å². The van der Waals surface area contributed by atoms with Gasteiger partial charge in [0.05, 0.1) is 27.8 Å². The van der Waals surface area contributed by atoms with Crippen LogP contribution in [0.2, 0.25) is 0 Å². The Morgan fingerprint density at radius 2 is 2.17 bits per heavy atom. The number of benzene rings is 1. The van der Waals surface area contributed by atoms with Crippen molar-refractivity contribution >= 4 is 38.4 Å². The molecule has 1 aliphatic heterocycles. The first-order valence-corrected chi connectivity index (χ1v) is 10.2. The Balaban J connectivity index is 1.61. The highest BCUT2D eigenvalue weighted by Gasteiger charge is 2.28. The van der Waals surface area contributed by atoms with Gasteiger partial charge in [-0.1, -0.05) is 30.0 Å². The second-order valence-electron chi connectivity index (χ2n) is 5.75. The number of nitrogens with zero attached hydrogens (tertiary/aromatic N) is 1. The summed E-state index contributed by atoms with van der Waals surface area (Å²) in [6, 6.07) is 9.62. The fraction of sp³-hybridized carbons (Fsp3) is 0.375. The predicted octanol–water partition coefficient (Wildman–Crippen LogP) is 1.94. The van der Waals surface area contributed by atoms with Gasteiger partial charge in [-0.15, -0.1) is 0 Å². The number of rotatable bonds is 4. The number of hydrogen-bond donors (Lipinski definition) is 1. The zero-order chi connectivity index (χ0) is 16.4. The van der Waals surface area contributed by atoms with E-state index in [1.807, 2.05) is 37.3 Å². The SMILES string of the molecule is Cc1cc(SCC(=O)N[C@@H]2CCS(=O)(=O)C2)nc2ccccc12. The number of carbonyl (C=O) groups is 1. The average Bonchev–Trinajstić information content (AvgIpc) is 2.84. The largest absolute Gasteiger partial charge is 0.352 e. The number of fused-ring (bicyclic) bond motifs is 1. The smallest absolute Gasteiger partial charge is 0.230 e. The average molecular weight is 350 g/mol. The van der Waals surface area contributed by atoms with Crippen molar-refractivity contribution < 1.29 is 13.2 Å². The fourth-order valence-corrected chi connectivity index (χ4v) is 5.17. The third-order valence-electron chi connectivity index (χ3n) is 3.85. The Bertz CT molecular complexity index is 850. The van der Waals surface area contributed by atoms with E-state index in [0.717, 1.165) is 21.5 Å². The van der Waals surface area contributed by atoms with Crippen molar-refractivity contribution in [1.82, 2.24) is 10.3 Å². The van der Waals surface area contributed by atoms with Gasteiger partial charge in [0.1, 0.15) is 0 Å². The molecule has 1 aliphatic rings. The zero-order valence-electron chi connectivity index (χ0n) is 12.8. The van der Waals surface area contributed by atoms with E-state index in [1.165, 1.54) is 11.8 Å². The third kappa shape index (κ3) is 4.03. The van der Waals surface area contributed by atoms with Crippen LogP contribution < -0.4 is 5.32 Å². The summed E-state index contributed by atoms with van der Waals surface area (Å²) in [6.45, 7) is 2.03. The fourth-order valence-electron chi connectivity index (χ4n) is 2.71. The first-order chi connectivity index (χ1) is 10.9. The number of aromatic nitrogens is 1. The van der Waals surface area contributed by atoms with E-state index < -0.39 is 9.84 Å². The number of hydrogen-bond acceptors (Lipinski definition) is 5. The maximum Gasteiger partial charge on any atom is 0.230 e. The minimum atomic E-state index is -2.97. The van der Waals surface area contributed by atoms with Gasteiger partial charge in [-0.05, 0) is 31.0 Å². The van der Waals surface area contributed by atoms with Gasteiger partial charge in [-0.2, -0.15) is 0 Å². The number of pyridine rings is 1. The van der Waals surface area contributed by atoms with E-state index in [1.54, 1.807) is 0 Å². The topological polar surface area (TPSA) is 76.1 Å². The normalized spacial score (nSPS) is 19.8. The highest BCUT2D eigenvalue weighted by molar-refractivity contribution is 7.99. The predicted molar refractivity (Wildman–Crippen MR) is 92.4 cm³/mol. The summed E-state index contributed by atoms with van der Waals surface area (Å²) in [6.07, 6.45) is 0.506. The van der Waals surface area contributed by atoms with Crippen molar-refractivity contribution in [2.45, 2.75) is 24.4 Å². The molecule has 1 aromatic carbocycles. The summed E-state index contributed by atoms with van der Waals surface area (Å²) in [4.78, 5) is 16.5. The van der Waals surface area contributed by atoms with Crippen molar-refractivity contribution in [2.75, 3.05) is 17.3 Å². The van der Waals surface area contributed by atoms with E-state index in [2.05, 4.69) is 10.3 Å². The van der Waals surface area contributed by atoms with Crippen molar-refractivity contribution in [3.05, 3.63) is 35.9 Å². The Morgan fingerprint density at radius 3 is 2.91 bits per heavy atom. The van der Waals surface area contributed by atoms with Crippen molar-refractivity contribution in [1.29, 1.82) is 0 Å². The Hall–Kier alpha value is -1.60. The number of aryl methyl sites for hydroxylation is 1. The molecule has 0 unspecified atom stereocenters. The zero-order valence-corrected chi connectivity index (χ0v) is 14.4. The highest BCUT2D eigenvalue weighted by Crippen LogP contribution is 2.23. The molecule has 0 radical (unpaired) electrons. The molecule has 2 aromatic rings. The van der Waals surface area contributed by atoms with Gasteiger partial charge in [0, 0.05) is 11.4 Å². The molecule has 0 spiro atoms. The molecule has 1 aromatic heterocycles. The van der Waals surface area contributed by atoms with Crippen LogP contribution in [0.15, 0.2) is 35.4 Å². The summed E-state index contributed by atoms with van der Waals surface area (Å²) >= 11 is 1.37. The molecule has 0 bridgehead atoms. The molecule has 1 atom stereocenters. The summed E-state index contributed by atoms with van der Waals surface area (Å²) in [5, 5.41) is 4.70. The van der Waals surface area contributed by atoms with Crippen LogP contribution >= 0.6 is 11.8 Å². The number of carbonyl (C=O) groups excluding carboxylic acids is 1. The minimum Gasteiger partial charge on any atom is -0.352 e. The van der Waals surface area contributed by atoms with Crippen LogP contribution in [0.5, 0.6) is 0 Å². The molecule has 3 rings (SSSR count). The van der Waals surface area contributed by atoms with E-state index in [4.69, 9.17) is 0 Å². The summed E-state index contributed by atoms with van der Waals surface area (Å²) < 4.78 is 22.8. The van der Waals surface area contributed by atoms with E-state index in [0.29, 0.717) is 6.42 Å². The maximum atomic E-state index is 12.0. The lowest BCUT2D eigenvalue weighted by molar-refractivity contribution is -0.119. The van der Waals surface area contributed by atoms with Gasteiger partial charge in [0.2, 0.25) is 5.91 Å². The van der Waals surface area contributed by atoms with Gasteiger partial charge < -0.3 is 5.32 Å². The Labute approximate surface area is 139 Å². The highest BCUT2D eigenvalue weighted by atomic mass is 32.2. The molecule has 1 fully saturated rings. The number of amides is 1. The van der Waals surface area contributed by atoms with Crippen LogP contribution in [-0.4, -0.2) is 42.6 Å². The lowest BCUT2D eigenvalue weighted by atomic mass is 10.1. The van der Waals surface area contributed by atoms with Gasteiger partial charge in [-0.25, -0.2) is 13.4 Å². The van der Waals surface area contributed by atoms with E-state index in [-0.39, 0.29) is 29.2 Å². The third-order valence-corrected chi connectivity index (χ3v) is 6.53. The van der Waals surface area contributed by atoms with Gasteiger partial charge in [0.15, 0.2) is 9.84 Å². The first-order valence-electron chi connectivity index (χ1n) is 7.42. The van der Waals surface area contributed by atoms with E-state index >= 15 is 0 Å². The van der Waals surface area contributed by atoms with Crippen LogP contribution in [0, 0.1) is 6.92 Å². The van der Waals surface area contributed by atoms with Crippen LogP contribution in [0.1, 0.15) is 12.0 Å². The molecule has 5 nitrogen and oxygen atoms in total. The monoisotopic (exact) mass is 350 g/mol. The molecule has 1 N–H and O–H groups in total. The van der Waals surface area contributed by atoms with Crippen molar-refractivity contribution in [2.24, 2.45) is 0 Å². The maximum absolute atomic E-state index is 12.0. The molecule has 2 heterocycles. The summed E-state index contributed by atoms with van der Waals surface area (Å²) in [7, 11) is -2.97. The molecule has 0 aliphatic carbocycles. The summed E-state index contributed by atoms with van der Waals surface area (Å²) in [5.41, 5.74) is 2.04. The molecule has 1 saturated heterocycles. The second-order valence-corrected chi connectivity index (χ2v) is 8.98. The second kappa shape index (κ2) is 6.49. The molecule has 0 saturated carbocycles. The molecular weight excluding hydrogens is 332 g/mol. The Morgan fingerprint density at radius 1 is 1.39 bits per heavy atom. The molecule has 23 heavy (non-hydrogen) atoms. The number of sulfone groups is 1. The quantitative estimate of drug-likeness (QED) is 0.853. The van der Waals surface area contributed by atoms with Crippen LogP contribution in [-0.2, 0) is 14.6 Å². The Kier molecular flexibility index (Phi) is 4.59. The lowest BCUT2D eigenvalue weighted by Gasteiger charge is -2.11. The summed E-state index contributed by atoms with van der Waals surface area (Å²) in [5.74, 6) is 0.305. The van der Waals surface area contributed by atoms with Crippen molar-refractivity contribution in [3.8, 4) is 0 Å². The van der Waals surface area contributed by atoms with Crippen LogP contribution in [0.25, 0.3) is 10.9 Å². The van der Waals surface area contributed by atoms with Gasteiger partial charge >= 0.3 is 0 Å². The van der Waals surface area contributed by atoms with Gasteiger partial charge in [0.25, 0.3) is 0 Å².